The summed E-state index contributed by atoms with van der Waals surface area (Å²) in [6, 6.07) is 7.74. The van der Waals surface area contributed by atoms with Gasteiger partial charge in [0.25, 0.3) is 0 Å². The van der Waals surface area contributed by atoms with Gasteiger partial charge in [-0.1, -0.05) is 11.8 Å². The lowest BCUT2D eigenvalue weighted by Crippen LogP contribution is -2.49. The Bertz CT molecular complexity index is 923. The Labute approximate surface area is 166 Å². The number of aryl methyl sites for hydroxylation is 1. The highest BCUT2D eigenvalue weighted by Gasteiger charge is 2.22. The van der Waals surface area contributed by atoms with Crippen molar-refractivity contribution in [2.24, 2.45) is 7.05 Å². The number of carbonyl (C=O) groups is 1. The summed E-state index contributed by atoms with van der Waals surface area (Å²) in [6.07, 6.45) is 3.50. The van der Waals surface area contributed by atoms with Crippen LogP contribution in [0.2, 0.25) is 0 Å². The van der Waals surface area contributed by atoms with E-state index in [-0.39, 0.29) is 5.91 Å². The van der Waals surface area contributed by atoms with E-state index in [1.54, 1.807) is 24.1 Å². The van der Waals surface area contributed by atoms with E-state index in [4.69, 9.17) is 0 Å². The summed E-state index contributed by atoms with van der Waals surface area (Å²) >= 11 is 1.35. The number of aromatic nitrogens is 7. The molecule has 0 saturated carbocycles. The molecule has 3 aromatic heterocycles. The molecule has 3 aromatic rings. The highest BCUT2D eigenvalue weighted by atomic mass is 32.2. The first kappa shape index (κ1) is 18.3. The molecule has 1 aliphatic heterocycles. The van der Waals surface area contributed by atoms with Crippen LogP contribution in [0.5, 0.6) is 0 Å². The fourth-order valence-corrected chi connectivity index (χ4v) is 3.66. The highest BCUT2D eigenvalue weighted by Crippen LogP contribution is 2.19. The van der Waals surface area contributed by atoms with Crippen LogP contribution < -0.4 is 4.90 Å². The molecule has 1 amide bonds. The molecule has 0 aliphatic carbocycles. The molecule has 4 heterocycles. The largest absolute Gasteiger partial charge is 0.352 e. The quantitative estimate of drug-likeness (QED) is 0.569. The second kappa shape index (κ2) is 8.30. The standard InChI is InChI=1S/C17H19N9OS/c1-24-17(21-22-23-24)28-12-16(27)26-9-7-25(8-10-26)15-5-4-14(19-20-15)13-3-2-6-18-11-13/h2-6,11H,7-10,12H2,1H3. The van der Waals surface area contributed by atoms with Crippen molar-refractivity contribution in [3.05, 3.63) is 36.7 Å². The third-order valence-corrected chi connectivity index (χ3v) is 5.47. The molecule has 0 radical (unpaired) electrons. The van der Waals surface area contributed by atoms with Crippen molar-refractivity contribution in [3.8, 4) is 11.3 Å². The number of tetrazole rings is 1. The molecule has 28 heavy (non-hydrogen) atoms. The van der Waals surface area contributed by atoms with Gasteiger partial charge in [-0.15, -0.1) is 15.3 Å². The number of thioether (sulfide) groups is 1. The van der Waals surface area contributed by atoms with Crippen LogP contribution in [0.15, 0.2) is 41.8 Å². The van der Waals surface area contributed by atoms with Crippen LogP contribution in [0.4, 0.5) is 5.82 Å². The van der Waals surface area contributed by atoms with Gasteiger partial charge in [-0.2, -0.15) is 0 Å². The topological polar surface area (TPSA) is 106 Å². The lowest BCUT2D eigenvalue weighted by atomic mass is 10.2. The van der Waals surface area contributed by atoms with Crippen molar-refractivity contribution in [2.75, 3.05) is 36.8 Å². The fourth-order valence-electron chi connectivity index (χ4n) is 2.91. The Morgan fingerprint density at radius 2 is 1.96 bits per heavy atom. The maximum Gasteiger partial charge on any atom is 0.233 e. The van der Waals surface area contributed by atoms with Gasteiger partial charge in [0, 0.05) is 51.2 Å². The van der Waals surface area contributed by atoms with Crippen molar-refractivity contribution in [3.63, 3.8) is 0 Å². The molecule has 0 spiro atoms. The maximum atomic E-state index is 12.4. The predicted octanol–water partition coefficient (Wildman–Crippen LogP) is 0.503. The lowest BCUT2D eigenvalue weighted by molar-refractivity contribution is -0.128. The van der Waals surface area contributed by atoms with Crippen molar-refractivity contribution in [1.29, 1.82) is 0 Å². The maximum absolute atomic E-state index is 12.4. The van der Waals surface area contributed by atoms with Gasteiger partial charge in [-0.05, 0) is 34.7 Å². The van der Waals surface area contributed by atoms with E-state index in [1.165, 1.54) is 11.8 Å². The van der Waals surface area contributed by atoms with Gasteiger partial charge in [0.05, 0.1) is 11.4 Å². The lowest BCUT2D eigenvalue weighted by Gasteiger charge is -2.35. The van der Waals surface area contributed by atoms with E-state index in [1.807, 2.05) is 29.2 Å². The zero-order chi connectivity index (χ0) is 19.3. The van der Waals surface area contributed by atoms with Gasteiger partial charge < -0.3 is 9.80 Å². The summed E-state index contributed by atoms with van der Waals surface area (Å²) < 4.78 is 1.56. The van der Waals surface area contributed by atoms with Crippen LogP contribution in [0.1, 0.15) is 0 Å². The first-order chi connectivity index (χ1) is 13.7. The monoisotopic (exact) mass is 397 g/mol. The Hall–Kier alpha value is -3.08. The Balaban J connectivity index is 1.30. The predicted molar refractivity (Wildman–Crippen MR) is 104 cm³/mol. The Morgan fingerprint density at radius 3 is 2.61 bits per heavy atom. The average molecular weight is 397 g/mol. The zero-order valence-corrected chi connectivity index (χ0v) is 16.2. The molecule has 4 rings (SSSR count). The van der Waals surface area contributed by atoms with Crippen LogP contribution in [-0.2, 0) is 11.8 Å². The molecular weight excluding hydrogens is 378 g/mol. The molecule has 1 saturated heterocycles. The van der Waals surface area contributed by atoms with E-state index < -0.39 is 0 Å². The van der Waals surface area contributed by atoms with Gasteiger partial charge in [-0.3, -0.25) is 9.78 Å². The minimum absolute atomic E-state index is 0.0886. The van der Waals surface area contributed by atoms with Crippen LogP contribution in [0.3, 0.4) is 0 Å². The molecule has 1 fully saturated rings. The Kier molecular flexibility index (Phi) is 5.42. The number of hydrogen-bond acceptors (Lipinski definition) is 9. The zero-order valence-electron chi connectivity index (χ0n) is 15.3. The number of amides is 1. The number of rotatable bonds is 5. The first-order valence-corrected chi connectivity index (χ1v) is 9.81. The summed E-state index contributed by atoms with van der Waals surface area (Å²) in [4.78, 5) is 20.5. The molecule has 0 aromatic carbocycles. The van der Waals surface area contributed by atoms with Crippen molar-refractivity contribution in [1.82, 2.24) is 40.3 Å². The number of pyridine rings is 1. The van der Waals surface area contributed by atoms with Gasteiger partial charge in [0.15, 0.2) is 5.82 Å². The second-order valence-electron chi connectivity index (χ2n) is 6.26. The second-order valence-corrected chi connectivity index (χ2v) is 7.20. The number of hydrogen-bond donors (Lipinski definition) is 0. The molecule has 0 unspecified atom stereocenters. The van der Waals surface area contributed by atoms with E-state index in [2.05, 4.69) is 35.6 Å². The van der Waals surface area contributed by atoms with Crippen molar-refractivity contribution >= 4 is 23.5 Å². The van der Waals surface area contributed by atoms with Crippen LogP contribution in [-0.4, -0.2) is 78.1 Å². The normalized spacial score (nSPS) is 14.3. The molecule has 10 nitrogen and oxygen atoms in total. The van der Waals surface area contributed by atoms with E-state index >= 15 is 0 Å². The molecule has 144 valence electrons. The smallest absolute Gasteiger partial charge is 0.233 e. The molecule has 0 N–H and O–H groups in total. The molecule has 0 atom stereocenters. The summed E-state index contributed by atoms with van der Waals surface area (Å²) in [5.41, 5.74) is 1.73. The molecule has 11 heteroatoms. The SMILES string of the molecule is Cn1nnnc1SCC(=O)N1CCN(c2ccc(-c3cccnc3)nn2)CC1. The third kappa shape index (κ3) is 4.09. The minimum atomic E-state index is 0.0886. The molecular formula is C17H19N9OS. The van der Waals surface area contributed by atoms with Crippen LogP contribution in [0.25, 0.3) is 11.3 Å². The number of piperazine rings is 1. The Morgan fingerprint density at radius 1 is 1.11 bits per heavy atom. The van der Waals surface area contributed by atoms with E-state index in [9.17, 15) is 4.79 Å². The summed E-state index contributed by atoms with van der Waals surface area (Å²) in [5.74, 6) is 1.23. The summed E-state index contributed by atoms with van der Waals surface area (Å²) in [5, 5.41) is 20.5. The summed E-state index contributed by atoms with van der Waals surface area (Å²) in [6.45, 7) is 2.76. The van der Waals surface area contributed by atoms with Crippen LogP contribution >= 0.6 is 11.8 Å². The minimum Gasteiger partial charge on any atom is -0.352 e. The van der Waals surface area contributed by atoms with Crippen molar-refractivity contribution in [2.45, 2.75) is 5.16 Å². The van der Waals surface area contributed by atoms with Gasteiger partial charge >= 0.3 is 0 Å². The van der Waals surface area contributed by atoms with Crippen LogP contribution in [0, 0.1) is 0 Å². The molecule has 1 aliphatic rings. The number of carbonyl (C=O) groups excluding carboxylic acids is 1. The van der Waals surface area contributed by atoms with E-state index in [0.717, 1.165) is 30.2 Å². The van der Waals surface area contributed by atoms with Gasteiger partial charge in [0.2, 0.25) is 11.1 Å². The highest BCUT2D eigenvalue weighted by molar-refractivity contribution is 7.99. The number of anilines is 1. The van der Waals surface area contributed by atoms with Gasteiger partial charge in [0.1, 0.15) is 0 Å². The third-order valence-electron chi connectivity index (χ3n) is 4.47. The summed E-state index contributed by atoms with van der Waals surface area (Å²) in [7, 11) is 1.76. The average Bonchev–Trinajstić information content (AvgIpc) is 3.17. The fraction of sp³-hybridized carbons (Fsp3) is 0.353. The van der Waals surface area contributed by atoms with Crippen molar-refractivity contribution < 1.29 is 4.79 Å². The first-order valence-electron chi connectivity index (χ1n) is 8.83. The molecule has 0 bridgehead atoms. The van der Waals surface area contributed by atoms with E-state index in [0.29, 0.717) is 24.0 Å². The van der Waals surface area contributed by atoms with Gasteiger partial charge in [-0.25, -0.2) is 4.68 Å². The number of nitrogens with zero attached hydrogens (tertiary/aromatic N) is 9.